The summed E-state index contributed by atoms with van der Waals surface area (Å²) in [4.78, 5) is 18.8. The number of halogens is 1. The van der Waals surface area contributed by atoms with Gasteiger partial charge in [-0.25, -0.2) is 4.99 Å². The Morgan fingerprint density at radius 2 is 1.93 bits per heavy atom. The molecule has 1 saturated heterocycles. The van der Waals surface area contributed by atoms with Gasteiger partial charge in [0.15, 0.2) is 11.8 Å². The molecule has 9 nitrogen and oxygen atoms in total. The number of guanidine groups is 1. The zero-order valence-corrected chi connectivity index (χ0v) is 21.0. The van der Waals surface area contributed by atoms with Crippen LogP contribution in [0, 0.1) is 6.92 Å². The topological polar surface area (TPSA) is 96.7 Å². The normalized spacial score (nSPS) is 15.0. The van der Waals surface area contributed by atoms with Crippen LogP contribution >= 0.6 is 24.0 Å². The van der Waals surface area contributed by atoms with Crippen LogP contribution in [-0.4, -0.2) is 70.9 Å². The molecule has 2 N–H and O–H groups in total. The highest BCUT2D eigenvalue weighted by atomic mass is 127. The van der Waals surface area contributed by atoms with E-state index in [9.17, 15) is 4.79 Å². The predicted octanol–water partition coefficient (Wildman–Crippen LogP) is 2.00. The first kappa shape index (κ1) is 26.6. The molecular weight excluding hydrogens is 497 g/mol. The third kappa shape index (κ3) is 9.59. The minimum atomic E-state index is 0. The van der Waals surface area contributed by atoms with Crippen LogP contribution < -0.4 is 10.6 Å². The van der Waals surface area contributed by atoms with E-state index in [2.05, 4.69) is 25.8 Å². The number of likely N-dealkylation sites (tertiary alicyclic amines) is 1. The summed E-state index contributed by atoms with van der Waals surface area (Å²) in [6.45, 7) is 9.09. The Hall–Kier alpha value is -1.43. The maximum absolute atomic E-state index is 12.1. The molecule has 1 amide bonds. The summed E-state index contributed by atoms with van der Waals surface area (Å²) in [6.07, 6.45) is 5.80. The number of carbonyl (C=O) groups excluding carboxylic acids is 1. The van der Waals surface area contributed by atoms with Gasteiger partial charge in [0.05, 0.1) is 0 Å². The Balaban J connectivity index is 0.00000450. The molecule has 10 heteroatoms. The van der Waals surface area contributed by atoms with E-state index in [-0.39, 0.29) is 24.0 Å². The van der Waals surface area contributed by atoms with Gasteiger partial charge in [0, 0.05) is 52.9 Å². The van der Waals surface area contributed by atoms with E-state index in [0.29, 0.717) is 18.9 Å². The molecule has 0 unspecified atom stereocenters. The van der Waals surface area contributed by atoms with Crippen molar-refractivity contribution < 1.29 is 9.53 Å². The van der Waals surface area contributed by atoms with Crippen molar-refractivity contribution in [1.82, 2.24) is 30.3 Å². The summed E-state index contributed by atoms with van der Waals surface area (Å²) < 4.78 is 7.34. The first-order valence-electron chi connectivity index (χ1n) is 10.8. The summed E-state index contributed by atoms with van der Waals surface area (Å²) in [5.74, 6) is 2.75. The SMILES string of the molecule is CCOCCCNC(=NCc1nnc(C)n1C)NCCCN1CCCCCC1=O.I. The number of aromatic nitrogens is 3. The molecule has 1 aromatic rings. The number of hydrogen-bond donors (Lipinski definition) is 2. The fourth-order valence-electron chi connectivity index (χ4n) is 3.19. The molecule has 1 fully saturated rings. The maximum Gasteiger partial charge on any atom is 0.222 e. The second-order valence-corrected chi connectivity index (χ2v) is 7.34. The van der Waals surface area contributed by atoms with Crippen molar-refractivity contribution in [2.75, 3.05) is 39.4 Å². The summed E-state index contributed by atoms with van der Waals surface area (Å²) in [7, 11) is 1.95. The van der Waals surface area contributed by atoms with Crippen molar-refractivity contribution in [3.63, 3.8) is 0 Å². The van der Waals surface area contributed by atoms with E-state index >= 15 is 0 Å². The highest BCUT2D eigenvalue weighted by molar-refractivity contribution is 14.0. The van der Waals surface area contributed by atoms with Gasteiger partial charge in [0.25, 0.3) is 0 Å². The van der Waals surface area contributed by atoms with E-state index in [0.717, 1.165) is 89.1 Å². The summed E-state index contributed by atoms with van der Waals surface area (Å²) >= 11 is 0. The fraction of sp³-hybridized carbons (Fsp3) is 0.800. The van der Waals surface area contributed by atoms with Gasteiger partial charge in [-0.1, -0.05) is 6.42 Å². The number of hydrogen-bond acceptors (Lipinski definition) is 5. The molecule has 0 spiro atoms. The lowest BCUT2D eigenvalue weighted by Gasteiger charge is -2.21. The van der Waals surface area contributed by atoms with Crippen molar-refractivity contribution >= 4 is 35.8 Å². The minimum Gasteiger partial charge on any atom is -0.382 e. The van der Waals surface area contributed by atoms with Gasteiger partial charge in [-0.2, -0.15) is 0 Å². The Kier molecular flexibility index (Phi) is 13.6. The Morgan fingerprint density at radius 1 is 1.17 bits per heavy atom. The highest BCUT2D eigenvalue weighted by Crippen LogP contribution is 2.11. The van der Waals surface area contributed by atoms with Gasteiger partial charge in [-0.3, -0.25) is 4.79 Å². The number of rotatable bonds is 11. The molecule has 1 aliphatic rings. The lowest BCUT2D eigenvalue weighted by atomic mass is 10.2. The standard InChI is InChI=1S/C20H37N7O2.HI/c1-4-29-15-9-12-22-20(23-16-18-25-24-17(2)26(18)3)21-11-8-14-27-13-7-5-6-10-19(27)28;/h4-16H2,1-3H3,(H2,21,22,23);1H. The largest absolute Gasteiger partial charge is 0.382 e. The van der Waals surface area contributed by atoms with Crippen LogP contribution in [0.5, 0.6) is 0 Å². The van der Waals surface area contributed by atoms with Gasteiger partial charge in [0.2, 0.25) is 5.91 Å². The average molecular weight is 535 g/mol. The number of ether oxygens (including phenoxy) is 1. The van der Waals surface area contributed by atoms with Crippen molar-refractivity contribution in [2.45, 2.75) is 58.9 Å². The summed E-state index contributed by atoms with van der Waals surface area (Å²) in [6, 6.07) is 0. The zero-order chi connectivity index (χ0) is 20.9. The van der Waals surface area contributed by atoms with Crippen molar-refractivity contribution in [3.05, 3.63) is 11.6 Å². The molecule has 0 aliphatic carbocycles. The Bertz CT molecular complexity index is 651. The van der Waals surface area contributed by atoms with Gasteiger partial charge >= 0.3 is 0 Å². The molecule has 0 aromatic carbocycles. The van der Waals surface area contributed by atoms with E-state index < -0.39 is 0 Å². The van der Waals surface area contributed by atoms with Crippen LogP contribution in [0.25, 0.3) is 0 Å². The monoisotopic (exact) mass is 535 g/mol. The van der Waals surface area contributed by atoms with Gasteiger partial charge in [-0.05, 0) is 39.5 Å². The van der Waals surface area contributed by atoms with Crippen LogP contribution in [0.2, 0.25) is 0 Å². The van der Waals surface area contributed by atoms with E-state index in [1.165, 1.54) is 0 Å². The smallest absolute Gasteiger partial charge is 0.222 e. The average Bonchev–Trinajstić information content (AvgIpc) is 2.90. The third-order valence-corrected chi connectivity index (χ3v) is 5.09. The molecule has 0 saturated carbocycles. The zero-order valence-electron chi connectivity index (χ0n) is 18.7. The van der Waals surface area contributed by atoms with Crippen LogP contribution in [0.15, 0.2) is 4.99 Å². The molecule has 30 heavy (non-hydrogen) atoms. The number of aliphatic imine (C=N–C) groups is 1. The second-order valence-electron chi connectivity index (χ2n) is 7.34. The van der Waals surface area contributed by atoms with Crippen LogP contribution in [0.4, 0.5) is 0 Å². The molecule has 1 aromatic heterocycles. The molecule has 1 aliphatic heterocycles. The first-order valence-corrected chi connectivity index (χ1v) is 10.8. The van der Waals surface area contributed by atoms with E-state index in [1.807, 2.05) is 30.4 Å². The molecule has 0 radical (unpaired) electrons. The number of nitrogens with zero attached hydrogens (tertiary/aromatic N) is 5. The molecule has 2 heterocycles. The minimum absolute atomic E-state index is 0. The molecule has 172 valence electrons. The summed E-state index contributed by atoms with van der Waals surface area (Å²) in [5.41, 5.74) is 0. The lowest BCUT2D eigenvalue weighted by molar-refractivity contribution is -0.130. The molecule has 0 bridgehead atoms. The second kappa shape index (κ2) is 15.4. The van der Waals surface area contributed by atoms with Crippen LogP contribution in [0.3, 0.4) is 0 Å². The van der Waals surface area contributed by atoms with Crippen LogP contribution in [-0.2, 0) is 23.1 Å². The maximum atomic E-state index is 12.1. The van der Waals surface area contributed by atoms with Gasteiger partial charge < -0.3 is 24.8 Å². The van der Waals surface area contributed by atoms with Gasteiger partial charge in [0.1, 0.15) is 12.4 Å². The van der Waals surface area contributed by atoms with Crippen molar-refractivity contribution in [2.24, 2.45) is 12.0 Å². The molecule has 2 rings (SSSR count). The fourth-order valence-corrected chi connectivity index (χ4v) is 3.19. The molecular formula is C20H38IN7O2. The highest BCUT2D eigenvalue weighted by Gasteiger charge is 2.15. The quantitative estimate of drug-likeness (QED) is 0.195. The number of aryl methyl sites for hydroxylation is 1. The number of carbonyl (C=O) groups is 1. The first-order chi connectivity index (χ1) is 14.1. The third-order valence-electron chi connectivity index (χ3n) is 5.09. The van der Waals surface area contributed by atoms with Crippen LogP contribution in [0.1, 0.15) is 57.1 Å². The van der Waals surface area contributed by atoms with E-state index in [4.69, 9.17) is 4.74 Å². The van der Waals surface area contributed by atoms with Crippen molar-refractivity contribution in [3.8, 4) is 0 Å². The van der Waals surface area contributed by atoms with Crippen molar-refractivity contribution in [1.29, 1.82) is 0 Å². The number of amides is 1. The van der Waals surface area contributed by atoms with Gasteiger partial charge in [-0.15, -0.1) is 34.2 Å². The lowest BCUT2D eigenvalue weighted by Crippen LogP contribution is -2.40. The number of nitrogens with one attached hydrogen (secondary N) is 2. The van der Waals surface area contributed by atoms with E-state index in [1.54, 1.807) is 0 Å². The Labute approximate surface area is 197 Å². The predicted molar refractivity (Wildman–Crippen MR) is 129 cm³/mol. The Morgan fingerprint density at radius 3 is 2.63 bits per heavy atom. The summed E-state index contributed by atoms with van der Waals surface area (Å²) in [5, 5.41) is 15.0. The molecule has 0 atom stereocenters.